The molecule has 2 N–H and O–H groups in total. The number of nitrogens with one attached hydrogen (secondary N) is 1. The van der Waals surface area contributed by atoms with Gasteiger partial charge in [-0.1, -0.05) is 22.9 Å². The molecule has 1 atom stereocenters. The molecule has 0 aliphatic rings. The molecule has 96 valence electrons. The molecule has 1 aromatic rings. The second-order valence-corrected chi connectivity index (χ2v) is 5.02. The number of ether oxygens (including phenoxy) is 1. The third-order valence-corrected chi connectivity index (χ3v) is 3.25. The Balaban J connectivity index is 2.79. The van der Waals surface area contributed by atoms with E-state index in [2.05, 4.69) is 28.9 Å². The highest BCUT2D eigenvalue weighted by Gasteiger charge is 2.12. The van der Waals surface area contributed by atoms with Gasteiger partial charge in [-0.3, -0.25) is 0 Å². The molecule has 0 aromatic heterocycles. The van der Waals surface area contributed by atoms with Crippen molar-refractivity contribution in [1.82, 2.24) is 0 Å². The summed E-state index contributed by atoms with van der Waals surface area (Å²) in [4.78, 5) is 1.38. The zero-order chi connectivity index (χ0) is 12.7. The molecule has 0 radical (unpaired) electrons. The zero-order valence-electron chi connectivity index (χ0n) is 10.5. The predicted octanol–water partition coefficient (Wildman–Crippen LogP) is 1.24. The fraction of sp³-hybridized carbons (Fsp3) is 0.538. The Morgan fingerprint density at radius 1 is 1.35 bits per heavy atom. The maximum atomic E-state index is 9.06. The van der Waals surface area contributed by atoms with Crippen molar-refractivity contribution < 1.29 is 14.7 Å². The van der Waals surface area contributed by atoms with E-state index >= 15 is 0 Å². The number of rotatable bonds is 7. The van der Waals surface area contributed by atoms with E-state index in [0.29, 0.717) is 0 Å². The molecule has 0 amide bonds. The van der Waals surface area contributed by atoms with Gasteiger partial charge in [0.1, 0.15) is 18.8 Å². The van der Waals surface area contributed by atoms with Crippen LogP contribution in [-0.2, 0) is 6.54 Å². The van der Waals surface area contributed by atoms with Crippen molar-refractivity contribution in [3.05, 3.63) is 28.2 Å². The van der Waals surface area contributed by atoms with Crippen molar-refractivity contribution >= 4 is 15.9 Å². The SMILES string of the molecule is CCC[NH+](CCO)Cc1cc(Br)ccc1OC. The molecule has 1 unspecified atom stereocenters. The summed E-state index contributed by atoms with van der Waals surface area (Å²) in [6.45, 7) is 5.12. The third kappa shape index (κ3) is 4.66. The van der Waals surface area contributed by atoms with Crippen molar-refractivity contribution in [1.29, 1.82) is 0 Å². The molecule has 0 heterocycles. The summed E-state index contributed by atoms with van der Waals surface area (Å²) in [6.07, 6.45) is 1.12. The molecular formula is C13H21BrNO2+. The molecule has 1 aromatic carbocycles. The minimum atomic E-state index is 0.228. The molecule has 0 bridgehead atoms. The fourth-order valence-corrected chi connectivity index (χ4v) is 2.38. The van der Waals surface area contributed by atoms with Crippen LogP contribution in [0.5, 0.6) is 5.75 Å². The van der Waals surface area contributed by atoms with Crippen molar-refractivity contribution in [2.24, 2.45) is 0 Å². The lowest BCUT2D eigenvalue weighted by Crippen LogP contribution is -3.11. The standard InChI is InChI=1S/C13H20BrNO2/c1-3-6-15(7-8-16)10-11-9-12(14)4-5-13(11)17-2/h4-5,9,16H,3,6-8,10H2,1-2H3/p+1. The van der Waals surface area contributed by atoms with Crippen LogP contribution < -0.4 is 9.64 Å². The van der Waals surface area contributed by atoms with Gasteiger partial charge in [-0.15, -0.1) is 0 Å². The minimum Gasteiger partial charge on any atom is -0.496 e. The van der Waals surface area contributed by atoms with Gasteiger partial charge in [0.05, 0.1) is 20.3 Å². The van der Waals surface area contributed by atoms with Gasteiger partial charge < -0.3 is 14.7 Å². The highest BCUT2D eigenvalue weighted by molar-refractivity contribution is 9.10. The van der Waals surface area contributed by atoms with Crippen molar-refractivity contribution in [2.75, 3.05) is 26.8 Å². The first-order valence-corrected chi connectivity index (χ1v) is 6.77. The number of halogens is 1. The van der Waals surface area contributed by atoms with Gasteiger partial charge in [0.15, 0.2) is 0 Å². The Morgan fingerprint density at radius 2 is 2.12 bits per heavy atom. The number of aliphatic hydroxyl groups is 1. The molecule has 3 nitrogen and oxygen atoms in total. The smallest absolute Gasteiger partial charge is 0.127 e. The van der Waals surface area contributed by atoms with Crippen LogP contribution in [0.25, 0.3) is 0 Å². The van der Waals surface area contributed by atoms with Crippen LogP contribution in [0, 0.1) is 0 Å². The molecule has 0 saturated carbocycles. The molecule has 1 rings (SSSR count). The van der Waals surface area contributed by atoms with E-state index in [1.54, 1.807) is 7.11 Å². The average Bonchev–Trinajstić information content (AvgIpc) is 2.30. The predicted molar refractivity (Wildman–Crippen MR) is 72.5 cm³/mol. The number of benzene rings is 1. The Hall–Kier alpha value is -0.580. The van der Waals surface area contributed by atoms with E-state index < -0.39 is 0 Å². The first kappa shape index (κ1) is 14.5. The zero-order valence-corrected chi connectivity index (χ0v) is 12.1. The highest BCUT2D eigenvalue weighted by atomic mass is 79.9. The Bertz CT molecular complexity index is 338. The van der Waals surface area contributed by atoms with Crippen LogP contribution >= 0.6 is 15.9 Å². The number of quaternary nitrogens is 1. The molecular weight excluding hydrogens is 282 g/mol. The molecule has 0 saturated heterocycles. The monoisotopic (exact) mass is 302 g/mol. The Morgan fingerprint density at radius 3 is 2.71 bits per heavy atom. The maximum absolute atomic E-state index is 9.06. The second kappa shape index (κ2) is 7.69. The largest absolute Gasteiger partial charge is 0.496 e. The molecule has 0 aliphatic carbocycles. The summed E-state index contributed by atoms with van der Waals surface area (Å²) in [6, 6.07) is 6.04. The van der Waals surface area contributed by atoms with Crippen LogP contribution in [0.2, 0.25) is 0 Å². The van der Waals surface area contributed by atoms with Crippen LogP contribution in [0.15, 0.2) is 22.7 Å². The summed E-state index contributed by atoms with van der Waals surface area (Å²) in [5.74, 6) is 0.916. The number of hydrogen-bond donors (Lipinski definition) is 2. The topological polar surface area (TPSA) is 33.9 Å². The maximum Gasteiger partial charge on any atom is 0.127 e. The average molecular weight is 303 g/mol. The van der Waals surface area contributed by atoms with Gasteiger partial charge in [0.2, 0.25) is 0 Å². The molecule has 4 heteroatoms. The highest BCUT2D eigenvalue weighted by Crippen LogP contribution is 2.22. The Kier molecular flexibility index (Phi) is 6.55. The summed E-state index contributed by atoms with van der Waals surface area (Å²) in [7, 11) is 1.69. The van der Waals surface area contributed by atoms with Crippen LogP contribution in [0.3, 0.4) is 0 Å². The van der Waals surface area contributed by atoms with Crippen molar-refractivity contribution in [2.45, 2.75) is 19.9 Å². The van der Waals surface area contributed by atoms with E-state index in [-0.39, 0.29) is 6.61 Å². The van der Waals surface area contributed by atoms with E-state index in [1.165, 1.54) is 10.5 Å². The summed E-state index contributed by atoms with van der Waals surface area (Å²) in [5.41, 5.74) is 1.18. The van der Waals surface area contributed by atoms with Gasteiger partial charge in [0, 0.05) is 10.0 Å². The van der Waals surface area contributed by atoms with Crippen LogP contribution in [-0.4, -0.2) is 31.9 Å². The fourth-order valence-electron chi connectivity index (χ4n) is 1.97. The van der Waals surface area contributed by atoms with E-state index in [0.717, 1.165) is 36.3 Å². The van der Waals surface area contributed by atoms with Crippen LogP contribution in [0.4, 0.5) is 0 Å². The minimum absolute atomic E-state index is 0.228. The van der Waals surface area contributed by atoms with Crippen molar-refractivity contribution in [3.63, 3.8) is 0 Å². The number of hydrogen-bond acceptors (Lipinski definition) is 2. The first-order chi connectivity index (χ1) is 8.21. The van der Waals surface area contributed by atoms with E-state index in [9.17, 15) is 0 Å². The van der Waals surface area contributed by atoms with Gasteiger partial charge in [-0.05, 0) is 24.6 Å². The molecule has 0 spiro atoms. The quantitative estimate of drug-likeness (QED) is 0.795. The van der Waals surface area contributed by atoms with Crippen LogP contribution in [0.1, 0.15) is 18.9 Å². The van der Waals surface area contributed by atoms with Gasteiger partial charge in [-0.2, -0.15) is 0 Å². The van der Waals surface area contributed by atoms with Gasteiger partial charge >= 0.3 is 0 Å². The molecule has 0 fully saturated rings. The summed E-state index contributed by atoms with van der Waals surface area (Å²) < 4.78 is 6.42. The van der Waals surface area contributed by atoms with Gasteiger partial charge in [-0.25, -0.2) is 0 Å². The number of aliphatic hydroxyl groups excluding tert-OH is 1. The third-order valence-electron chi connectivity index (χ3n) is 2.75. The Labute approximate surface area is 112 Å². The lowest BCUT2D eigenvalue weighted by atomic mass is 10.2. The normalized spacial score (nSPS) is 12.5. The summed E-state index contributed by atoms with van der Waals surface area (Å²) >= 11 is 3.48. The lowest BCUT2D eigenvalue weighted by Gasteiger charge is -2.19. The lowest BCUT2D eigenvalue weighted by molar-refractivity contribution is -0.914. The molecule has 0 aliphatic heterocycles. The van der Waals surface area contributed by atoms with Crippen molar-refractivity contribution in [3.8, 4) is 5.75 Å². The molecule has 17 heavy (non-hydrogen) atoms. The summed E-state index contributed by atoms with van der Waals surface area (Å²) in [5, 5.41) is 9.06. The second-order valence-electron chi connectivity index (χ2n) is 4.11. The number of methoxy groups -OCH3 is 1. The first-order valence-electron chi connectivity index (χ1n) is 5.98. The van der Waals surface area contributed by atoms with E-state index in [1.807, 2.05) is 12.1 Å². The van der Waals surface area contributed by atoms with E-state index in [4.69, 9.17) is 9.84 Å². The van der Waals surface area contributed by atoms with Gasteiger partial charge in [0.25, 0.3) is 0 Å².